The number of rotatable bonds is 1. The number of pyridine rings is 1. The van der Waals surface area contributed by atoms with Crippen molar-refractivity contribution in [2.24, 2.45) is 0 Å². The molecule has 0 saturated heterocycles. The van der Waals surface area contributed by atoms with Crippen molar-refractivity contribution in [3.63, 3.8) is 0 Å². The number of aromatic nitrogens is 1. The average Bonchev–Trinajstić information content (AvgIpc) is 2.29. The first-order valence-corrected chi connectivity index (χ1v) is 5.97. The normalized spacial score (nSPS) is 10.6. The van der Waals surface area contributed by atoms with Gasteiger partial charge in [-0.05, 0) is 18.2 Å². The first-order valence-electron chi connectivity index (χ1n) is 4.45. The molecule has 0 aliphatic carbocycles. The van der Waals surface area contributed by atoms with E-state index in [1.54, 1.807) is 0 Å². The van der Waals surface area contributed by atoms with E-state index in [9.17, 15) is 4.39 Å². The fraction of sp³-hybridized carbons (Fsp3) is 0. The van der Waals surface area contributed by atoms with Gasteiger partial charge in [-0.2, -0.15) is 4.39 Å². The van der Waals surface area contributed by atoms with Gasteiger partial charge in [0, 0.05) is 17.3 Å². The van der Waals surface area contributed by atoms with E-state index in [0.717, 1.165) is 0 Å². The molecule has 0 N–H and O–H groups in total. The highest BCUT2D eigenvalue weighted by molar-refractivity contribution is 6.46. The van der Waals surface area contributed by atoms with Crippen molar-refractivity contribution < 1.29 is 4.39 Å². The molecule has 2 rings (SSSR count). The zero-order valence-corrected chi connectivity index (χ0v) is 11.2. The van der Waals surface area contributed by atoms with Gasteiger partial charge in [-0.25, -0.2) is 4.98 Å². The highest BCUT2D eigenvalue weighted by Crippen LogP contribution is 2.40. The van der Waals surface area contributed by atoms with Crippen molar-refractivity contribution in [3.8, 4) is 11.1 Å². The maximum Gasteiger partial charge on any atom is 0.220 e. The summed E-state index contributed by atoms with van der Waals surface area (Å²) in [4.78, 5) is 3.51. The number of nitrogens with zero attached hydrogens (tertiary/aromatic N) is 1. The van der Waals surface area contributed by atoms with Gasteiger partial charge in [-0.1, -0.05) is 46.4 Å². The lowest BCUT2D eigenvalue weighted by atomic mass is 10.1. The molecule has 0 atom stereocenters. The summed E-state index contributed by atoms with van der Waals surface area (Å²) in [5, 5.41) is 1.02. The van der Waals surface area contributed by atoms with Gasteiger partial charge in [0.25, 0.3) is 0 Å². The van der Waals surface area contributed by atoms with Crippen LogP contribution in [0.2, 0.25) is 20.1 Å². The molecule has 88 valence electrons. The summed E-state index contributed by atoms with van der Waals surface area (Å²) in [7, 11) is 0. The monoisotopic (exact) mass is 309 g/mol. The molecule has 1 nitrogen and oxygen atoms in total. The standard InChI is InChI=1S/C11H4Cl4FN/c12-5-3-6(11(16)17-4-5)9-7(13)1-2-8(14)10(9)15/h1-4H. The van der Waals surface area contributed by atoms with E-state index in [4.69, 9.17) is 46.4 Å². The molecule has 0 aliphatic heterocycles. The maximum atomic E-state index is 13.6. The van der Waals surface area contributed by atoms with Crippen LogP contribution in [0.3, 0.4) is 0 Å². The Labute approximate surface area is 117 Å². The van der Waals surface area contributed by atoms with Crippen LogP contribution in [-0.2, 0) is 0 Å². The Morgan fingerprint density at radius 3 is 2.35 bits per heavy atom. The van der Waals surface area contributed by atoms with Crippen molar-refractivity contribution in [2.75, 3.05) is 0 Å². The van der Waals surface area contributed by atoms with Crippen molar-refractivity contribution in [2.45, 2.75) is 0 Å². The third-order valence-corrected chi connectivity index (χ3v) is 3.44. The van der Waals surface area contributed by atoms with Crippen molar-refractivity contribution in [1.29, 1.82) is 0 Å². The Bertz CT molecular complexity index is 586. The van der Waals surface area contributed by atoms with Gasteiger partial charge in [0.1, 0.15) is 0 Å². The molecule has 0 aliphatic rings. The average molecular weight is 311 g/mol. The second kappa shape index (κ2) is 4.99. The molecule has 0 unspecified atom stereocenters. The minimum absolute atomic E-state index is 0.120. The molecular formula is C11H4Cl4FN. The van der Waals surface area contributed by atoms with E-state index >= 15 is 0 Å². The summed E-state index contributed by atoms with van der Waals surface area (Å²) < 4.78 is 13.6. The lowest BCUT2D eigenvalue weighted by molar-refractivity contribution is 0.587. The van der Waals surface area contributed by atoms with Crippen LogP contribution in [-0.4, -0.2) is 4.98 Å². The minimum atomic E-state index is -0.708. The zero-order chi connectivity index (χ0) is 12.6. The number of benzene rings is 1. The summed E-state index contributed by atoms with van der Waals surface area (Å²) in [6, 6.07) is 4.46. The molecule has 17 heavy (non-hydrogen) atoms. The van der Waals surface area contributed by atoms with Gasteiger partial charge < -0.3 is 0 Å². The summed E-state index contributed by atoms with van der Waals surface area (Å²) >= 11 is 23.6. The summed E-state index contributed by atoms with van der Waals surface area (Å²) in [6.07, 6.45) is 1.20. The molecule has 2 aromatic rings. The molecule has 0 radical (unpaired) electrons. The first kappa shape index (κ1) is 12.9. The van der Waals surface area contributed by atoms with Crippen LogP contribution in [0.5, 0.6) is 0 Å². The molecule has 0 bridgehead atoms. The molecule has 0 fully saturated rings. The topological polar surface area (TPSA) is 12.9 Å². The Hall–Kier alpha value is -0.540. The van der Waals surface area contributed by atoms with E-state index in [1.165, 1.54) is 24.4 Å². The van der Waals surface area contributed by atoms with Crippen LogP contribution in [0.1, 0.15) is 0 Å². The second-order valence-electron chi connectivity index (χ2n) is 3.21. The molecular weight excluding hydrogens is 307 g/mol. The quantitative estimate of drug-likeness (QED) is 0.500. The lowest BCUT2D eigenvalue weighted by Gasteiger charge is -2.09. The smallest absolute Gasteiger partial charge is 0.220 e. The molecule has 0 spiro atoms. The molecule has 0 amide bonds. The van der Waals surface area contributed by atoms with E-state index in [2.05, 4.69) is 4.98 Å². The van der Waals surface area contributed by atoms with E-state index in [0.29, 0.717) is 0 Å². The van der Waals surface area contributed by atoms with Crippen LogP contribution < -0.4 is 0 Å². The van der Waals surface area contributed by atoms with Crippen molar-refractivity contribution in [3.05, 3.63) is 50.4 Å². The highest BCUT2D eigenvalue weighted by atomic mass is 35.5. The SMILES string of the molecule is Fc1ncc(Cl)cc1-c1c(Cl)ccc(Cl)c1Cl. The molecule has 1 aromatic carbocycles. The Kier molecular flexibility index (Phi) is 3.79. The molecule has 6 heteroatoms. The Balaban J connectivity index is 2.76. The fourth-order valence-corrected chi connectivity index (χ4v) is 2.26. The van der Waals surface area contributed by atoms with Gasteiger partial charge >= 0.3 is 0 Å². The first-order chi connectivity index (χ1) is 8.00. The van der Waals surface area contributed by atoms with Crippen molar-refractivity contribution in [1.82, 2.24) is 4.98 Å². The van der Waals surface area contributed by atoms with Crippen LogP contribution in [0.15, 0.2) is 24.4 Å². The summed E-state index contributed by atoms with van der Waals surface area (Å²) in [5.74, 6) is -0.708. The van der Waals surface area contributed by atoms with Crippen LogP contribution >= 0.6 is 46.4 Å². The van der Waals surface area contributed by atoms with E-state index < -0.39 is 5.95 Å². The van der Waals surface area contributed by atoms with Gasteiger partial charge in [-0.3, -0.25) is 0 Å². The Morgan fingerprint density at radius 1 is 1.00 bits per heavy atom. The fourth-order valence-electron chi connectivity index (χ4n) is 1.37. The Morgan fingerprint density at radius 2 is 1.65 bits per heavy atom. The zero-order valence-electron chi connectivity index (χ0n) is 8.15. The van der Waals surface area contributed by atoms with E-state index in [1.807, 2.05) is 0 Å². The number of halogens is 5. The predicted molar refractivity (Wildman–Crippen MR) is 69.7 cm³/mol. The van der Waals surface area contributed by atoms with Crippen LogP contribution in [0.25, 0.3) is 11.1 Å². The molecule has 1 aromatic heterocycles. The predicted octanol–water partition coefficient (Wildman–Crippen LogP) is 5.50. The van der Waals surface area contributed by atoms with Crippen molar-refractivity contribution >= 4 is 46.4 Å². The lowest BCUT2D eigenvalue weighted by Crippen LogP contribution is -1.91. The van der Waals surface area contributed by atoms with Crippen LogP contribution in [0, 0.1) is 5.95 Å². The van der Waals surface area contributed by atoms with Gasteiger partial charge in [0.05, 0.1) is 20.1 Å². The third kappa shape index (κ3) is 2.50. The third-order valence-electron chi connectivity index (χ3n) is 2.12. The minimum Gasteiger partial charge on any atom is -0.226 e. The largest absolute Gasteiger partial charge is 0.226 e. The number of hydrogen-bond acceptors (Lipinski definition) is 1. The summed E-state index contributed by atoms with van der Waals surface area (Å²) in [5.41, 5.74) is 0.406. The van der Waals surface area contributed by atoms with Crippen LogP contribution in [0.4, 0.5) is 4.39 Å². The highest BCUT2D eigenvalue weighted by Gasteiger charge is 2.16. The van der Waals surface area contributed by atoms with Gasteiger partial charge in [0.2, 0.25) is 5.95 Å². The van der Waals surface area contributed by atoms with Gasteiger partial charge in [-0.15, -0.1) is 0 Å². The summed E-state index contributed by atoms with van der Waals surface area (Å²) in [6.45, 7) is 0. The van der Waals surface area contributed by atoms with Gasteiger partial charge in [0.15, 0.2) is 0 Å². The molecule has 0 saturated carbocycles. The molecule has 1 heterocycles. The maximum absolute atomic E-state index is 13.6. The second-order valence-corrected chi connectivity index (χ2v) is 4.84. The van der Waals surface area contributed by atoms with E-state index in [-0.39, 0.29) is 31.2 Å². The number of hydrogen-bond donors (Lipinski definition) is 0.